The molecule has 2 aromatic rings. The molecular formula is C18H19BrFNO3. The number of hydrogen-bond acceptors (Lipinski definition) is 3. The van der Waals surface area contributed by atoms with Crippen LogP contribution in [0.4, 0.5) is 4.39 Å². The molecule has 0 spiro atoms. The van der Waals surface area contributed by atoms with Crippen LogP contribution >= 0.6 is 15.9 Å². The number of halogens is 2. The van der Waals surface area contributed by atoms with E-state index in [1.54, 1.807) is 12.1 Å². The van der Waals surface area contributed by atoms with Gasteiger partial charge in [0.05, 0.1) is 13.2 Å². The van der Waals surface area contributed by atoms with Gasteiger partial charge in [-0.1, -0.05) is 28.1 Å². The Hall–Kier alpha value is -2.08. The Kier molecular flexibility index (Phi) is 7.55. The fourth-order valence-corrected chi connectivity index (χ4v) is 2.36. The number of rotatable bonds is 9. The van der Waals surface area contributed by atoms with Crippen LogP contribution in [0.25, 0.3) is 0 Å². The lowest BCUT2D eigenvalue weighted by atomic mass is 10.3. The van der Waals surface area contributed by atoms with Crippen LogP contribution in [-0.2, 0) is 4.79 Å². The second-order valence-electron chi connectivity index (χ2n) is 5.07. The van der Waals surface area contributed by atoms with Gasteiger partial charge in [0.1, 0.15) is 23.9 Å². The third-order valence-corrected chi connectivity index (χ3v) is 3.60. The Morgan fingerprint density at radius 1 is 1.04 bits per heavy atom. The number of nitrogens with one attached hydrogen (secondary N) is 1. The predicted molar refractivity (Wildman–Crippen MR) is 93.8 cm³/mol. The SMILES string of the molecule is O=C(CCCOc1cccc(F)c1)NCCOc1cccc(Br)c1. The highest BCUT2D eigenvalue weighted by Crippen LogP contribution is 2.17. The maximum absolute atomic E-state index is 13.0. The molecule has 0 aliphatic rings. The molecule has 0 aliphatic heterocycles. The topological polar surface area (TPSA) is 47.6 Å². The van der Waals surface area contributed by atoms with Crippen molar-refractivity contribution >= 4 is 21.8 Å². The fourth-order valence-electron chi connectivity index (χ4n) is 1.98. The Bertz CT molecular complexity index is 611. The minimum absolute atomic E-state index is 0.0596. The summed E-state index contributed by atoms with van der Waals surface area (Å²) in [6.45, 7) is 1.21. The maximum Gasteiger partial charge on any atom is 0.220 e. The molecule has 2 rings (SSSR count). The van der Waals surface area contributed by atoms with Gasteiger partial charge in [-0.05, 0) is 36.8 Å². The van der Waals surface area contributed by atoms with Crippen molar-refractivity contribution < 1.29 is 18.7 Å². The van der Waals surface area contributed by atoms with Crippen molar-refractivity contribution in [1.82, 2.24) is 5.32 Å². The molecule has 0 aromatic heterocycles. The minimum Gasteiger partial charge on any atom is -0.493 e. The molecule has 6 heteroatoms. The Balaban J connectivity index is 1.53. The molecule has 0 bridgehead atoms. The van der Waals surface area contributed by atoms with Crippen molar-refractivity contribution in [3.05, 3.63) is 58.8 Å². The van der Waals surface area contributed by atoms with E-state index >= 15 is 0 Å². The molecule has 4 nitrogen and oxygen atoms in total. The van der Waals surface area contributed by atoms with Crippen LogP contribution in [0, 0.1) is 5.82 Å². The normalized spacial score (nSPS) is 10.2. The molecule has 0 radical (unpaired) electrons. The zero-order valence-electron chi connectivity index (χ0n) is 13.1. The molecule has 0 unspecified atom stereocenters. The van der Waals surface area contributed by atoms with Crippen molar-refractivity contribution in [2.75, 3.05) is 19.8 Å². The van der Waals surface area contributed by atoms with E-state index < -0.39 is 0 Å². The van der Waals surface area contributed by atoms with Crippen molar-refractivity contribution in [1.29, 1.82) is 0 Å². The second kappa shape index (κ2) is 9.93. The van der Waals surface area contributed by atoms with E-state index in [2.05, 4.69) is 21.2 Å². The van der Waals surface area contributed by atoms with Crippen LogP contribution in [0.3, 0.4) is 0 Å². The number of carbonyl (C=O) groups is 1. The molecule has 128 valence electrons. The minimum atomic E-state index is -0.337. The highest BCUT2D eigenvalue weighted by Gasteiger charge is 2.02. The van der Waals surface area contributed by atoms with E-state index in [-0.39, 0.29) is 11.7 Å². The van der Waals surface area contributed by atoms with Crippen LogP contribution in [-0.4, -0.2) is 25.7 Å². The molecular weight excluding hydrogens is 377 g/mol. The summed E-state index contributed by atoms with van der Waals surface area (Å²) in [5.74, 6) is 0.825. The summed E-state index contributed by atoms with van der Waals surface area (Å²) in [4.78, 5) is 11.7. The van der Waals surface area contributed by atoms with Gasteiger partial charge in [0.2, 0.25) is 5.91 Å². The highest BCUT2D eigenvalue weighted by atomic mass is 79.9. The predicted octanol–water partition coefficient (Wildman–Crippen LogP) is 3.94. The average molecular weight is 396 g/mol. The quantitative estimate of drug-likeness (QED) is 0.654. The van der Waals surface area contributed by atoms with E-state index in [1.165, 1.54) is 12.1 Å². The Morgan fingerprint density at radius 3 is 2.50 bits per heavy atom. The van der Waals surface area contributed by atoms with Crippen molar-refractivity contribution in [3.63, 3.8) is 0 Å². The van der Waals surface area contributed by atoms with Gasteiger partial charge in [-0.3, -0.25) is 4.79 Å². The molecule has 0 atom stereocenters. The fraction of sp³-hybridized carbons (Fsp3) is 0.278. The monoisotopic (exact) mass is 395 g/mol. The summed E-state index contributed by atoms with van der Waals surface area (Å²) in [6, 6.07) is 13.5. The van der Waals surface area contributed by atoms with Gasteiger partial charge in [-0.25, -0.2) is 4.39 Å². The zero-order chi connectivity index (χ0) is 17.2. The summed E-state index contributed by atoms with van der Waals surface area (Å²) in [7, 11) is 0. The van der Waals surface area contributed by atoms with Crippen molar-refractivity contribution in [3.8, 4) is 11.5 Å². The average Bonchev–Trinajstić information content (AvgIpc) is 2.56. The molecule has 24 heavy (non-hydrogen) atoms. The summed E-state index contributed by atoms with van der Waals surface area (Å²) in [6.07, 6.45) is 0.918. The molecule has 0 saturated heterocycles. The molecule has 0 saturated carbocycles. The summed E-state index contributed by atoms with van der Waals surface area (Å²) in [5, 5.41) is 2.78. The van der Waals surface area contributed by atoms with Gasteiger partial charge < -0.3 is 14.8 Å². The first-order valence-corrected chi connectivity index (χ1v) is 8.46. The van der Waals surface area contributed by atoms with Crippen LogP contribution in [0.5, 0.6) is 11.5 Å². The Morgan fingerprint density at radius 2 is 1.75 bits per heavy atom. The van der Waals surface area contributed by atoms with Crippen molar-refractivity contribution in [2.45, 2.75) is 12.8 Å². The number of carbonyl (C=O) groups excluding carboxylic acids is 1. The van der Waals surface area contributed by atoms with Gasteiger partial charge in [0.25, 0.3) is 0 Å². The molecule has 1 N–H and O–H groups in total. The van der Waals surface area contributed by atoms with Crippen LogP contribution < -0.4 is 14.8 Å². The smallest absolute Gasteiger partial charge is 0.220 e. The largest absolute Gasteiger partial charge is 0.493 e. The van der Waals surface area contributed by atoms with E-state index in [4.69, 9.17) is 9.47 Å². The lowest BCUT2D eigenvalue weighted by molar-refractivity contribution is -0.121. The molecule has 0 fully saturated rings. The van der Waals surface area contributed by atoms with Gasteiger partial charge in [0.15, 0.2) is 0 Å². The first-order valence-electron chi connectivity index (χ1n) is 7.67. The number of amides is 1. The van der Waals surface area contributed by atoms with E-state index in [0.717, 1.165) is 10.2 Å². The molecule has 0 aliphatic carbocycles. The Labute approximate surface area is 149 Å². The highest BCUT2D eigenvalue weighted by molar-refractivity contribution is 9.10. The van der Waals surface area contributed by atoms with E-state index in [1.807, 2.05) is 24.3 Å². The standard InChI is InChI=1S/C18H19BrFNO3/c19-14-4-1-6-16(12-14)24-11-9-21-18(22)8-3-10-23-17-7-2-5-15(20)13-17/h1-2,4-7,12-13H,3,8-11H2,(H,21,22). The summed E-state index contributed by atoms with van der Waals surface area (Å²) in [5.41, 5.74) is 0. The van der Waals surface area contributed by atoms with Gasteiger partial charge in [-0.2, -0.15) is 0 Å². The molecule has 1 amide bonds. The molecule has 2 aromatic carbocycles. The summed E-state index contributed by atoms with van der Waals surface area (Å²) < 4.78 is 24.8. The third kappa shape index (κ3) is 7.00. The van der Waals surface area contributed by atoms with Gasteiger partial charge in [0, 0.05) is 17.0 Å². The zero-order valence-corrected chi connectivity index (χ0v) is 14.7. The van der Waals surface area contributed by atoms with E-state index in [9.17, 15) is 9.18 Å². The van der Waals surface area contributed by atoms with Crippen LogP contribution in [0.15, 0.2) is 53.0 Å². The first kappa shape index (κ1) is 18.3. The van der Waals surface area contributed by atoms with Gasteiger partial charge in [-0.15, -0.1) is 0 Å². The number of ether oxygens (including phenoxy) is 2. The third-order valence-electron chi connectivity index (χ3n) is 3.10. The first-order chi connectivity index (χ1) is 11.6. The lowest BCUT2D eigenvalue weighted by Crippen LogP contribution is -2.28. The van der Waals surface area contributed by atoms with Crippen molar-refractivity contribution in [2.24, 2.45) is 0 Å². The van der Waals surface area contributed by atoms with Gasteiger partial charge >= 0.3 is 0 Å². The second-order valence-corrected chi connectivity index (χ2v) is 5.98. The number of hydrogen-bond donors (Lipinski definition) is 1. The maximum atomic E-state index is 13.0. The lowest BCUT2D eigenvalue weighted by Gasteiger charge is -2.09. The van der Waals surface area contributed by atoms with E-state index in [0.29, 0.717) is 38.3 Å². The number of benzene rings is 2. The summed E-state index contributed by atoms with van der Waals surface area (Å²) >= 11 is 3.37. The molecule has 0 heterocycles. The van der Waals surface area contributed by atoms with Crippen LogP contribution in [0.2, 0.25) is 0 Å². The van der Waals surface area contributed by atoms with Crippen LogP contribution in [0.1, 0.15) is 12.8 Å².